The molecule has 1 aromatic carbocycles. The van der Waals surface area contributed by atoms with Crippen LogP contribution >= 0.6 is 0 Å². The van der Waals surface area contributed by atoms with Gasteiger partial charge in [0, 0.05) is 56.1 Å². The summed E-state index contributed by atoms with van der Waals surface area (Å²) < 4.78 is 12.9. The number of aliphatic hydroxyl groups is 1. The highest BCUT2D eigenvalue weighted by molar-refractivity contribution is 5.79. The molecule has 0 bridgehead atoms. The molecule has 3 heterocycles. The van der Waals surface area contributed by atoms with Gasteiger partial charge in [-0.15, -0.1) is 0 Å². The lowest BCUT2D eigenvalue weighted by Gasteiger charge is -2.29. The van der Waals surface area contributed by atoms with E-state index in [0.717, 1.165) is 31.2 Å². The highest BCUT2D eigenvalue weighted by Gasteiger charge is 2.47. The number of rotatable bonds is 15. The first-order chi connectivity index (χ1) is 19.0. The molecular formula is C28H41N5O6. The fourth-order valence-electron chi connectivity index (χ4n) is 5.76. The number of amides is 1. The zero-order valence-corrected chi connectivity index (χ0v) is 22.7. The second-order valence-corrected chi connectivity index (χ2v) is 10.3. The number of carboxylic acids is 1. The highest BCUT2D eigenvalue weighted by atomic mass is 16.7. The number of benzene rings is 1. The number of likely N-dealkylation sites (tertiary alicyclic amines) is 1. The number of carbonyl (C=O) groups is 2. The highest BCUT2D eigenvalue weighted by Crippen LogP contribution is 2.44. The number of hydrogen-bond donors (Lipinski definition) is 3. The number of nitrogens with two attached hydrogens (primary N) is 1. The molecule has 4 rings (SSSR count). The number of hydrogen-bond acceptors (Lipinski definition) is 8. The molecule has 1 saturated heterocycles. The third kappa shape index (κ3) is 6.90. The topological polar surface area (TPSA) is 143 Å². The van der Waals surface area contributed by atoms with Crippen LogP contribution in [0.5, 0.6) is 11.5 Å². The summed E-state index contributed by atoms with van der Waals surface area (Å²) in [7, 11) is 0. The minimum absolute atomic E-state index is 0.0103. The van der Waals surface area contributed by atoms with Gasteiger partial charge in [-0.1, -0.05) is 13.3 Å². The van der Waals surface area contributed by atoms with Crippen molar-refractivity contribution in [3.05, 3.63) is 41.7 Å². The SMILES string of the molecule is CCCCN(CCCCN)C(=O)CN1C[C@H](c2cc(CO)c3c(c2)OCO3)[C@@H](C(=O)O)[C@@H]1CCn1cccn1. The summed E-state index contributed by atoms with van der Waals surface area (Å²) in [6, 6.07) is 5.09. The number of unbranched alkanes of at least 4 members (excludes halogenated alkanes) is 2. The first-order valence-corrected chi connectivity index (χ1v) is 13.9. The molecule has 4 N–H and O–H groups in total. The molecular weight excluding hydrogens is 502 g/mol. The van der Waals surface area contributed by atoms with E-state index in [1.54, 1.807) is 10.9 Å². The van der Waals surface area contributed by atoms with E-state index in [9.17, 15) is 19.8 Å². The van der Waals surface area contributed by atoms with Gasteiger partial charge in [0.25, 0.3) is 0 Å². The molecule has 0 spiro atoms. The largest absolute Gasteiger partial charge is 0.481 e. The Morgan fingerprint density at radius 1 is 1.21 bits per heavy atom. The molecule has 11 heteroatoms. The second kappa shape index (κ2) is 13.8. The van der Waals surface area contributed by atoms with E-state index in [-0.39, 0.29) is 37.8 Å². The van der Waals surface area contributed by atoms with Crippen LogP contribution < -0.4 is 15.2 Å². The van der Waals surface area contributed by atoms with E-state index in [1.807, 2.05) is 34.2 Å². The molecule has 214 valence electrons. The predicted molar refractivity (Wildman–Crippen MR) is 144 cm³/mol. The van der Waals surface area contributed by atoms with Gasteiger partial charge in [0.05, 0.1) is 19.1 Å². The Kier molecular flexibility index (Phi) is 10.2. The van der Waals surface area contributed by atoms with Crippen molar-refractivity contribution < 1.29 is 29.3 Å². The number of ether oxygens (including phenoxy) is 2. The quantitative estimate of drug-likeness (QED) is 0.288. The molecule has 0 aliphatic carbocycles. The smallest absolute Gasteiger partial charge is 0.308 e. The molecule has 2 aliphatic rings. The first-order valence-electron chi connectivity index (χ1n) is 13.9. The molecule has 39 heavy (non-hydrogen) atoms. The van der Waals surface area contributed by atoms with Gasteiger partial charge in [0.2, 0.25) is 12.7 Å². The number of aromatic nitrogens is 2. The maximum atomic E-state index is 13.6. The number of fused-ring (bicyclic) bond motifs is 1. The van der Waals surface area contributed by atoms with E-state index in [0.29, 0.717) is 56.2 Å². The van der Waals surface area contributed by atoms with Crippen molar-refractivity contribution >= 4 is 11.9 Å². The first kappa shape index (κ1) is 28.8. The summed E-state index contributed by atoms with van der Waals surface area (Å²) in [4.78, 5) is 30.3. The minimum atomic E-state index is -0.908. The average Bonchev–Trinajstić information content (AvgIpc) is 3.69. The third-order valence-corrected chi connectivity index (χ3v) is 7.77. The summed E-state index contributed by atoms with van der Waals surface area (Å²) in [6.07, 6.45) is 7.68. The summed E-state index contributed by atoms with van der Waals surface area (Å²) >= 11 is 0. The molecule has 1 amide bonds. The van der Waals surface area contributed by atoms with Crippen LogP contribution in [-0.4, -0.2) is 87.2 Å². The van der Waals surface area contributed by atoms with Crippen molar-refractivity contribution in [2.75, 3.05) is 39.5 Å². The van der Waals surface area contributed by atoms with E-state index < -0.39 is 11.9 Å². The fourth-order valence-corrected chi connectivity index (χ4v) is 5.76. The Morgan fingerprint density at radius 2 is 2.03 bits per heavy atom. The molecule has 2 aliphatic heterocycles. The van der Waals surface area contributed by atoms with Gasteiger partial charge in [0.15, 0.2) is 11.5 Å². The number of aliphatic hydroxyl groups excluding tert-OH is 1. The standard InChI is InChI=1S/C28H41N5O6/c1-2-3-10-31(11-5-4-8-29)25(35)17-32-16-22(20-14-21(18-34)27-24(15-20)38-19-39-27)26(28(36)37)23(32)7-13-33-12-6-9-30-33/h6,9,12,14-15,22-23,26,34H,2-5,7-8,10-11,13,16-19,29H2,1H3,(H,36,37)/t22-,23+,26-/m1/s1. The lowest BCUT2D eigenvalue weighted by Crippen LogP contribution is -2.45. The Morgan fingerprint density at radius 3 is 2.72 bits per heavy atom. The predicted octanol–water partition coefficient (Wildman–Crippen LogP) is 2.03. The minimum Gasteiger partial charge on any atom is -0.481 e. The van der Waals surface area contributed by atoms with Crippen molar-refractivity contribution in [3.8, 4) is 11.5 Å². The van der Waals surface area contributed by atoms with Gasteiger partial charge in [-0.05, 0) is 56.0 Å². The van der Waals surface area contributed by atoms with Gasteiger partial charge >= 0.3 is 5.97 Å². The zero-order chi connectivity index (χ0) is 27.8. The molecule has 0 saturated carbocycles. The summed E-state index contributed by atoms with van der Waals surface area (Å²) in [6.45, 7) is 4.92. The normalized spacial score (nSPS) is 20.4. The van der Waals surface area contributed by atoms with Gasteiger partial charge in [-0.2, -0.15) is 5.10 Å². The fraction of sp³-hybridized carbons (Fsp3) is 0.607. The van der Waals surface area contributed by atoms with Gasteiger partial charge in [-0.25, -0.2) is 0 Å². The Balaban J connectivity index is 1.61. The maximum Gasteiger partial charge on any atom is 0.308 e. The van der Waals surface area contributed by atoms with Crippen LogP contribution in [-0.2, 0) is 22.7 Å². The van der Waals surface area contributed by atoms with E-state index in [1.165, 1.54) is 0 Å². The summed E-state index contributed by atoms with van der Waals surface area (Å²) in [5.74, 6) is -1.03. The van der Waals surface area contributed by atoms with Gasteiger partial charge in [0.1, 0.15) is 0 Å². The van der Waals surface area contributed by atoms with Crippen LogP contribution in [0.2, 0.25) is 0 Å². The number of carboxylic acid groups (broad SMARTS) is 1. The molecule has 1 aromatic heterocycles. The van der Waals surface area contributed by atoms with Crippen LogP contribution in [0.1, 0.15) is 56.1 Å². The van der Waals surface area contributed by atoms with E-state index in [4.69, 9.17) is 15.2 Å². The van der Waals surface area contributed by atoms with Crippen molar-refractivity contribution in [1.82, 2.24) is 19.6 Å². The average molecular weight is 544 g/mol. The summed E-state index contributed by atoms with van der Waals surface area (Å²) in [5, 5.41) is 24.7. The van der Waals surface area contributed by atoms with Crippen LogP contribution in [0.25, 0.3) is 0 Å². The molecule has 0 unspecified atom stereocenters. The lowest BCUT2D eigenvalue weighted by molar-refractivity contribution is -0.144. The van der Waals surface area contributed by atoms with E-state index in [2.05, 4.69) is 12.0 Å². The molecule has 11 nitrogen and oxygen atoms in total. The monoisotopic (exact) mass is 543 g/mol. The molecule has 0 radical (unpaired) electrons. The summed E-state index contributed by atoms with van der Waals surface area (Å²) in [5.41, 5.74) is 7.01. The van der Waals surface area contributed by atoms with E-state index >= 15 is 0 Å². The third-order valence-electron chi connectivity index (χ3n) is 7.77. The second-order valence-electron chi connectivity index (χ2n) is 10.3. The van der Waals surface area contributed by atoms with Crippen LogP contribution in [0, 0.1) is 5.92 Å². The van der Waals surface area contributed by atoms with Crippen molar-refractivity contribution in [2.45, 2.75) is 64.1 Å². The van der Waals surface area contributed by atoms with Crippen molar-refractivity contribution in [2.24, 2.45) is 11.7 Å². The van der Waals surface area contributed by atoms with Crippen LogP contribution in [0.15, 0.2) is 30.6 Å². The Labute approximate surface area is 229 Å². The number of nitrogens with zero attached hydrogens (tertiary/aromatic N) is 4. The number of carbonyl (C=O) groups excluding carboxylic acids is 1. The van der Waals surface area contributed by atoms with Crippen molar-refractivity contribution in [3.63, 3.8) is 0 Å². The Bertz CT molecular complexity index is 1090. The Hall–Kier alpha value is -3.15. The number of aryl methyl sites for hydroxylation is 1. The number of aliphatic carboxylic acids is 1. The molecule has 2 aromatic rings. The molecule has 1 fully saturated rings. The lowest BCUT2D eigenvalue weighted by atomic mass is 9.83. The van der Waals surface area contributed by atoms with Gasteiger partial charge < -0.3 is 30.3 Å². The van der Waals surface area contributed by atoms with Crippen LogP contribution in [0.4, 0.5) is 0 Å². The van der Waals surface area contributed by atoms with Gasteiger partial charge in [-0.3, -0.25) is 19.2 Å². The zero-order valence-electron chi connectivity index (χ0n) is 22.7. The molecule has 3 atom stereocenters. The maximum absolute atomic E-state index is 13.6. The van der Waals surface area contributed by atoms with Crippen molar-refractivity contribution in [1.29, 1.82) is 0 Å². The van der Waals surface area contributed by atoms with Crippen LogP contribution in [0.3, 0.4) is 0 Å².